The molecule has 1 N–H and O–H groups in total. The quantitative estimate of drug-likeness (QED) is 0.871. The first-order valence-electron chi connectivity index (χ1n) is 5.65. The number of hydrogen-bond donors (Lipinski definition) is 1. The van der Waals surface area contributed by atoms with Crippen molar-refractivity contribution in [3.8, 4) is 0 Å². The van der Waals surface area contributed by atoms with Crippen molar-refractivity contribution in [1.29, 1.82) is 0 Å². The number of ketones is 1. The van der Waals surface area contributed by atoms with Gasteiger partial charge in [-0.15, -0.1) is 0 Å². The molecule has 98 valence electrons. The molecule has 0 aliphatic carbocycles. The van der Waals surface area contributed by atoms with Crippen molar-refractivity contribution in [1.82, 2.24) is 9.78 Å². The monoisotopic (exact) mass is 277 g/mol. The molecule has 0 unspecified atom stereocenters. The number of carbonyl (C=O) groups is 2. The number of benzene rings is 1. The number of anilines is 1. The van der Waals surface area contributed by atoms with Crippen LogP contribution in [0, 0.1) is 0 Å². The smallest absolute Gasteiger partial charge is 0.292 e. The van der Waals surface area contributed by atoms with Crippen molar-refractivity contribution < 1.29 is 9.59 Å². The SMILES string of the molecule is CC(=O)C(=O)Nc1ccn(Cc2ccccc2Cl)n1. The van der Waals surface area contributed by atoms with Crippen LogP contribution in [0.3, 0.4) is 0 Å². The summed E-state index contributed by atoms with van der Waals surface area (Å²) in [5.41, 5.74) is 0.928. The summed E-state index contributed by atoms with van der Waals surface area (Å²) in [5, 5.41) is 7.21. The van der Waals surface area contributed by atoms with Gasteiger partial charge in [0.1, 0.15) is 0 Å². The number of carbonyl (C=O) groups excluding carboxylic acids is 2. The van der Waals surface area contributed by atoms with Gasteiger partial charge in [0.15, 0.2) is 5.82 Å². The predicted octanol–water partition coefficient (Wildman–Crippen LogP) is 2.11. The molecule has 1 aromatic heterocycles. The van der Waals surface area contributed by atoms with Gasteiger partial charge in [0.25, 0.3) is 5.91 Å². The van der Waals surface area contributed by atoms with Crippen LogP contribution in [0.25, 0.3) is 0 Å². The van der Waals surface area contributed by atoms with Gasteiger partial charge in [0.05, 0.1) is 6.54 Å². The summed E-state index contributed by atoms with van der Waals surface area (Å²) in [6.45, 7) is 1.70. The van der Waals surface area contributed by atoms with E-state index in [0.29, 0.717) is 17.4 Å². The predicted molar refractivity (Wildman–Crippen MR) is 72.1 cm³/mol. The number of hydrogen-bond acceptors (Lipinski definition) is 3. The minimum absolute atomic E-state index is 0.340. The van der Waals surface area contributed by atoms with E-state index in [-0.39, 0.29) is 0 Å². The molecule has 0 aliphatic rings. The lowest BCUT2D eigenvalue weighted by Gasteiger charge is -2.04. The van der Waals surface area contributed by atoms with Crippen molar-refractivity contribution in [2.45, 2.75) is 13.5 Å². The Morgan fingerprint density at radius 1 is 1.32 bits per heavy atom. The van der Waals surface area contributed by atoms with Crippen molar-refractivity contribution in [2.75, 3.05) is 5.32 Å². The molecule has 1 heterocycles. The summed E-state index contributed by atoms with van der Waals surface area (Å²) in [4.78, 5) is 22.0. The van der Waals surface area contributed by atoms with E-state index in [9.17, 15) is 9.59 Å². The zero-order chi connectivity index (χ0) is 13.8. The molecule has 0 spiro atoms. The topological polar surface area (TPSA) is 64.0 Å². The number of aromatic nitrogens is 2. The molecule has 19 heavy (non-hydrogen) atoms. The molecule has 0 bridgehead atoms. The Kier molecular flexibility index (Phi) is 3.97. The summed E-state index contributed by atoms with van der Waals surface area (Å²) in [7, 11) is 0. The summed E-state index contributed by atoms with van der Waals surface area (Å²) in [5.74, 6) is -0.893. The van der Waals surface area contributed by atoms with Gasteiger partial charge in [-0.3, -0.25) is 14.3 Å². The maximum absolute atomic E-state index is 11.2. The van der Waals surface area contributed by atoms with E-state index in [2.05, 4.69) is 10.4 Å². The fourth-order valence-corrected chi connectivity index (χ4v) is 1.72. The first-order chi connectivity index (χ1) is 9.06. The Morgan fingerprint density at radius 2 is 2.05 bits per heavy atom. The molecule has 0 saturated heterocycles. The summed E-state index contributed by atoms with van der Waals surface area (Å²) in [6, 6.07) is 9.07. The Labute approximate surface area is 115 Å². The number of halogens is 1. The lowest BCUT2D eigenvalue weighted by molar-refractivity contribution is -0.133. The molecule has 5 nitrogen and oxygen atoms in total. The third-order valence-corrected chi connectivity index (χ3v) is 2.86. The molecule has 0 saturated carbocycles. The Morgan fingerprint density at radius 3 is 2.74 bits per heavy atom. The van der Waals surface area contributed by atoms with Gasteiger partial charge in [0.2, 0.25) is 5.78 Å². The average molecular weight is 278 g/mol. The van der Waals surface area contributed by atoms with Crippen molar-refractivity contribution >= 4 is 29.1 Å². The first-order valence-corrected chi connectivity index (χ1v) is 6.03. The molecule has 2 rings (SSSR count). The molecule has 0 aliphatic heterocycles. The molecule has 0 radical (unpaired) electrons. The van der Waals surface area contributed by atoms with Gasteiger partial charge < -0.3 is 5.32 Å². The normalized spacial score (nSPS) is 10.2. The maximum atomic E-state index is 11.2. The third-order valence-electron chi connectivity index (χ3n) is 2.49. The van der Waals surface area contributed by atoms with Crippen LogP contribution in [0.2, 0.25) is 5.02 Å². The fraction of sp³-hybridized carbons (Fsp3) is 0.154. The molecule has 1 aromatic carbocycles. The highest BCUT2D eigenvalue weighted by molar-refractivity contribution is 6.39. The zero-order valence-corrected chi connectivity index (χ0v) is 11.0. The average Bonchev–Trinajstić information content (AvgIpc) is 2.79. The van der Waals surface area contributed by atoms with Gasteiger partial charge >= 0.3 is 0 Å². The second-order valence-electron chi connectivity index (χ2n) is 4.00. The highest BCUT2D eigenvalue weighted by Gasteiger charge is 2.09. The van der Waals surface area contributed by atoms with Crippen LogP contribution in [0.4, 0.5) is 5.82 Å². The largest absolute Gasteiger partial charge is 0.303 e. The highest BCUT2D eigenvalue weighted by atomic mass is 35.5. The maximum Gasteiger partial charge on any atom is 0.292 e. The Hall–Kier alpha value is -2.14. The lowest BCUT2D eigenvalue weighted by atomic mass is 10.2. The molecule has 0 atom stereocenters. The minimum atomic E-state index is -0.678. The second kappa shape index (κ2) is 5.67. The van der Waals surface area contributed by atoms with E-state index in [0.717, 1.165) is 5.56 Å². The van der Waals surface area contributed by atoms with E-state index in [1.54, 1.807) is 23.0 Å². The first kappa shape index (κ1) is 13.3. The van der Waals surface area contributed by atoms with Crippen molar-refractivity contribution in [3.63, 3.8) is 0 Å². The van der Waals surface area contributed by atoms with Crippen LogP contribution in [-0.2, 0) is 16.1 Å². The van der Waals surface area contributed by atoms with E-state index in [1.807, 2.05) is 18.2 Å². The van der Waals surface area contributed by atoms with E-state index in [1.165, 1.54) is 6.92 Å². The molecular weight excluding hydrogens is 266 g/mol. The minimum Gasteiger partial charge on any atom is -0.303 e. The number of amides is 1. The van der Waals surface area contributed by atoms with Crippen LogP contribution < -0.4 is 5.32 Å². The van der Waals surface area contributed by atoms with Gasteiger partial charge in [-0.25, -0.2) is 0 Å². The Balaban J connectivity index is 2.08. The summed E-state index contributed by atoms with van der Waals surface area (Å²) in [6.07, 6.45) is 1.71. The summed E-state index contributed by atoms with van der Waals surface area (Å²) < 4.78 is 1.64. The number of Topliss-reactive ketones (excluding diaryl/α,β-unsaturated/α-hetero) is 1. The molecule has 1 amide bonds. The van der Waals surface area contributed by atoms with Crippen LogP contribution in [0.1, 0.15) is 12.5 Å². The van der Waals surface area contributed by atoms with Gasteiger partial charge in [-0.1, -0.05) is 29.8 Å². The number of rotatable bonds is 4. The molecular formula is C13H12ClN3O2. The van der Waals surface area contributed by atoms with Crippen LogP contribution >= 0.6 is 11.6 Å². The van der Waals surface area contributed by atoms with Gasteiger partial charge in [0, 0.05) is 24.2 Å². The van der Waals surface area contributed by atoms with E-state index < -0.39 is 11.7 Å². The Bertz CT molecular complexity index is 622. The molecule has 2 aromatic rings. The highest BCUT2D eigenvalue weighted by Crippen LogP contribution is 2.16. The van der Waals surface area contributed by atoms with E-state index in [4.69, 9.17) is 11.6 Å². The molecule has 6 heteroatoms. The number of nitrogens with zero attached hydrogens (tertiary/aromatic N) is 2. The lowest BCUT2D eigenvalue weighted by Crippen LogP contribution is -2.20. The summed E-state index contributed by atoms with van der Waals surface area (Å²) >= 11 is 6.05. The van der Waals surface area contributed by atoms with E-state index >= 15 is 0 Å². The van der Waals surface area contributed by atoms with Crippen LogP contribution in [-0.4, -0.2) is 21.5 Å². The fourth-order valence-electron chi connectivity index (χ4n) is 1.52. The van der Waals surface area contributed by atoms with Gasteiger partial charge in [-0.2, -0.15) is 5.10 Å². The standard InChI is InChI=1S/C13H12ClN3O2/c1-9(18)13(19)15-12-6-7-17(16-12)8-10-4-2-3-5-11(10)14/h2-7H,8H2,1H3,(H,15,16,19). The van der Waals surface area contributed by atoms with Gasteiger partial charge in [-0.05, 0) is 11.6 Å². The molecule has 0 fully saturated rings. The second-order valence-corrected chi connectivity index (χ2v) is 4.41. The van der Waals surface area contributed by atoms with Crippen LogP contribution in [0.15, 0.2) is 36.5 Å². The zero-order valence-electron chi connectivity index (χ0n) is 10.3. The third kappa shape index (κ3) is 3.42. The van der Waals surface area contributed by atoms with Crippen molar-refractivity contribution in [2.24, 2.45) is 0 Å². The van der Waals surface area contributed by atoms with Crippen molar-refractivity contribution in [3.05, 3.63) is 47.1 Å². The van der Waals surface area contributed by atoms with Crippen LogP contribution in [0.5, 0.6) is 0 Å². The number of nitrogens with one attached hydrogen (secondary N) is 1.